The molecule has 4 N–H and O–H groups in total. The summed E-state index contributed by atoms with van der Waals surface area (Å²) in [6.45, 7) is 6.34. The molecule has 0 bridgehead atoms. The molecule has 4 nitrogen and oxygen atoms in total. The third-order valence-corrected chi connectivity index (χ3v) is 2.09. The van der Waals surface area contributed by atoms with Gasteiger partial charge in [-0.3, -0.25) is 4.79 Å². The first kappa shape index (κ1) is 12.5. The first-order valence-corrected chi connectivity index (χ1v) is 5.12. The maximum Gasteiger partial charge on any atom is 0.248 e. The Morgan fingerprint density at radius 3 is 2.44 bits per heavy atom. The maximum atomic E-state index is 10.9. The Hall–Kier alpha value is -1.55. The second-order valence-electron chi connectivity index (χ2n) is 4.68. The van der Waals surface area contributed by atoms with Crippen molar-refractivity contribution < 1.29 is 9.53 Å². The van der Waals surface area contributed by atoms with E-state index in [1.165, 1.54) is 0 Å². The highest BCUT2D eigenvalue weighted by molar-refractivity contribution is 5.93. The number of hydrogen-bond acceptors (Lipinski definition) is 3. The number of benzene rings is 1. The molecule has 88 valence electrons. The van der Waals surface area contributed by atoms with E-state index < -0.39 is 5.91 Å². The summed E-state index contributed by atoms with van der Waals surface area (Å²) >= 11 is 0. The minimum atomic E-state index is -0.477. The number of carbonyl (C=O) groups excluding carboxylic acids is 1. The minimum Gasteiger partial charge on any atom is -0.398 e. The SMILES string of the molecule is CC(C)(C)OCc1ccc(C(N)=O)cc1N. The smallest absolute Gasteiger partial charge is 0.248 e. The minimum absolute atomic E-state index is 0.213. The molecule has 1 aromatic rings. The second kappa shape index (κ2) is 4.53. The topological polar surface area (TPSA) is 78.3 Å². The Kier molecular flexibility index (Phi) is 3.55. The maximum absolute atomic E-state index is 10.9. The molecule has 1 amide bonds. The molecule has 16 heavy (non-hydrogen) atoms. The highest BCUT2D eigenvalue weighted by Gasteiger charge is 2.12. The van der Waals surface area contributed by atoms with Crippen molar-refractivity contribution in [1.29, 1.82) is 0 Å². The van der Waals surface area contributed by atoms with Crippen LogP contribution in [0.5, 0.6) is 0 Å². The van der Waals surface area contributed by atoms with E-state index in [-0.39, 0.29) is 5.60 Å². The molecular weight excluding hydrogens is 204 g/mol. The van der Waals surface area contributed by atoms with Gasteiger partial charge in [0.15, 0.2) is 0 Å². The van der Waals surface area contributed by atoms with E-state index in [9.17, 15) is 4.79 Å². The van der Waals surface area contributed by atoms with Gasteiger partial charge in [0.2, 0.25) is 5.91 Å². The number of primary amides is 1. The molecule has 0 saturated carbocycles. The molecule has 0 aliphatic rings. The molecule has 0 atom stereocenters. The van der Waals surface area contributed by atoms with Gasteiger partial charge in [-0.1, -0.05) is 6.07 Å². The molecule has 0 fully saturated rings. The fourth-order valence-corrected chi connectivity index (χ4v) is 1.17. The summed E-state index contributed by atoms with van der Waals surface area (Å²) in [5, 5.41) is 0. The zero-order valence-electron chi connectivity index (χ0n) is 9.91. The number of rotatable bonds is 3. The van der Waals surface area contributed by atoms with Crippen molar-refractivity contribution in [3.05, 3.63) is 29.3 Å². The van der Waals surface area contributed by atoms with E-state index in [1.54, 1.807) is 18.2 Å². The van der Waals surface area contributed by atoms with Crippen molar-refractivity contribution in [3.8, 4) is 0 Å². The second-order valence-corrected chi connectivity index (χ2v) is 4.68. The quantitative estimate of drug-likeness (QED) is 0.764. The van der Waals surface area contributed by atoms with E-state index in [2.05, 4.69) is 0 Å². The Labute approximate surface area is 95.6 Å². The lowest BCUT2D eigenvalue weighted by molar-refractivity contribution is -0.0146. The van der Waals surface area contributed by atoms with Crippen LogP contribution in [0, 0.1) is 0 Å². The Morgan fingerprint density at radius 2 is 2.00 bits per heavy atom. The molecule has 0 aliphatic carbocycles. The van der Waals surface area contributed by atoms with Gasteiger partial charge in [0.05, 0.1) is 12.2 Å². The third kappa shape index (κ3) is 3.55. The summed E-state index contributed by atoms with van der Waals surface area (Å²) in [6, 6.07) is 4.99. The summed E-state index contributed by atoms with van der Waals surface area (Å²) in [5.41, 5.74) is 12.5. The van der Waals surface area contributed by atoms with Crippen molar-refractivity contribution >= 4 is 11.6 Å². The number of ether oxygens (including phenoxy) is 1. The van der Waals surface area contributed by atoms with Crippen molar-refractivity contribution in [3.63, 3.8) is 0 Å². The van der Waals surface area contributed by atoms with Gasteiger partial charge in [0.25, 0.3) is 0 Å². The Bertz CT molecular complexity index is 394. The van der Waals surface area contributed by atoms with Crippen LogP contribution in [0.25, 0.3) is 0 Å². The first-order chi connectivity index (χ1) is 7.29. The molecule has 0 radical (unpaired) electrons. The molecule has 1 rings (SSSR count). The summed E-state index contributed by atoms with van der Waals surface area (Å²) < 4.78 is 5.60. The van der Waals surface area contributed by atoms with E-state index in [1.807, 2.05) is 20.8 Å². The molecule has 0 saturated heterocycles. The van der Waals surface area contributed by atoms with Gasteiger partial charge in [-0.2, -0.15) is 0 Å². The fourth-order valence-electron chi connectivity index (χ4n) is 1.17. The van der Waals surface area contributed by atoms with E-state index in [4.69, 9.17) is 16.2 Å². The summed E-state index contributed by atoms with van der Waals surface area (Å²) in [6.07, 6.45) is 0. The predicted molar refractivity (Wildman–Crippen MR) is 63.9 cm³/mol. The van der Waals surface area contributed by atoms with Gasteiger partial charge in [0, 0.05) is 16.8 Å². The van der Waals surface area contributed by atoms with Crippen LogP contribution < -0.4 is 11.5 Å². The third-order valence-electron chi connectivity index (χ3n) is 2.09. The van der Waals surface area contributed by atoms with Crippen LogP contribution in [0.3, 0.4) is 0 Å². The van der Waals surface area contributed by atoms with Crippen molar-refractivity contribution in [2.45, 2.75) is 33.0 Å². The average Bonchev–Trinajstić information content (AvgIpc) is 2.14. The van der Waals surface area contributed by atoms with E-state index in [0.29, 0.717) is 17.9 Å². The summed E-state index contributed by atoms with van der Waals surface area (Å²) in [5.74, 6) is -0.477. The number of carbonyl (C=O) groups is 1. The average molecular weight is 222 g/mol. The van der Waals surface area contributed by atoms with E-state index >= 15 is 0 Å². The lowest BCUT2D eigenvalue weighted by Crippen LogP contribution is -2.19. The number of anilines is 1. The molecular formula is C12H18N2O2. The zero-order valence-corrected chi connectivity index (χ0v) is 9.91. The Balaban J connectivity index is 2.80. The lowest BCUT2D eigenvalue weighted by atomic mass is 10.1. The van der Waals surface area contributed by atoms with Gasteiger partial charge in [-0.05, 0) is 32.9 Å². The molecule has 0 spiro atoms. The summed E-state index contributed by atoms with van der Waals surface area (Å²) in [7, 11) is 0. The van der Waals surface area contributed by atoms with Crippen LogP contribution in [-0.4, -0.2) is 11.5 Å². The van der Waals surface area contributed by atoms with Crippen molar-refractivity contribution in [1.82, 2.24) is 0 Å². The predicted octanol–water partition coefficient (Wildman–Crippen LogP) is 1.68. The standard InChI is InChI=1S/C12H18N2O2/c1-12(2,3)16-7-9-5-4-8(11(14)15)6-10(9)13/h4-6H,7,13H2,1-3H3,(H2,14,15). The number of amides is 1. The van der Waals surface area contributed by atoms with Gasteiger partial charge in [-0.15, -0.1) is 0 Å². The van der Waals surface area contributed by atoms with Gasteiger partial charge >= 0.3 is 0 Å². The van der Waals surface area contributed by atoms with Crippen LogP contribution in [0.4, 0.5) is 5.69 Å². The van der Waals surface area contributed by atoms with Crippen LogP contribution in [0.2, 0.25) is 0 Å². The number of hydrogen-bond donors (Lipinski definition) is 2. The molecule has 0 heterocycles. The molecule has 0 aliphatic heterocycles. The van der Waals surface area contributed by atoms with Crippen molar-refractivity contribution in [2.75, 3.05) is 5.73 Å². The zero-order chi connectivity index (χ0) is 12.3. The first-order valence-electron chi connectivity index (χ1n) is 5.12. The van der Waals surface area contributed by atoms with Gasteiger partial charge in [-0.25, -0.2) is 0 Å². The monoisotopic (exact) mass is 222 g/mol. The highest BCUT2D eigenvalue weighted by Crippen LogP contribution is 2.18. The lowest BCUT2D eigenvalue weighted by Gasteiger charge is -2.20. The molecule has 4 heteroatoms. The van der Waals surface area contributed by atoms with Crippen LogP contribution in [-0.2, 0) is 11.3 Å². The van der Waals surface area contributed by atoms with E-state index in [0.717, 1.165) is 5.56 Å². The highest BCUT2D eigenvalue weighted by atomic mass is 16.5. The largest absolute Gasteiger partial charge is 0.398 e. The number of nitrogen functional groups attached to an aromatic ring is 1. The Morgan fingerprint density at radius 1 is 1.38 bits per heavy atom. The normalized spacial score (nSPS) is 11.4. The molecule has 1 aromatic carbocycles. The van der Waals surface area contributed by atoms with Gasteiger partial charge < -0.3 is 16.2 Å². The van der Waals surface area contributed by atoms with Crippen LogP contribution in [0.1, 0.15) is 36.7 Å². The molecule has 0 aromatic heterocycles. The number of nitrogens with two attached hydrogens (primary N) is 2. The molecule has 0 unspecified atom stereocenters. The van der Waals surface area contributed by atoms with Crippen molar-refractivity contribution in [2.24, 2.45) is 5.73 Å². The fraction of sp³-hybridized carbons (Fsp3) is 0.417. The van der Waals surface area contributed by atoms with Crippen LogP contribution in [0.15, 0.2) is 18.2 Å². The van der Waals surface area contributed by atoms with Gasteiger partial charge in [0.1, 0.15) is 0 Å². The summed E-state index contributed by atoms with van der Waals surface area (Å²) in [4.78, 5) is 10.9. The van der Waals surface area contributed by atoms with Crippen LogP contribution >= 0.6 is 0 Å².